The summed E-state index contributed by atoms with van der Waals surface area (Å²) in [7, 11) is 0. The van der Waals surface area contributed by atoms with Crippen LogP contribution >= 0.6 is 0 Å². The number of hydrogen-bond donors (Lipinski definition) is 1. The number of nitrogen functional groups attached to an aromatic ring is 1. The van der Waals surface area contributed by atoms with Crippen LogP contribution in [0.3, 0.4) is 0 Å². The van der Waals surface area contributed by atoms with Gasteiger partial charge in [0.15, 0.2) is 0 Å². The highest BCUT2D eigenvalue weighted by Crippen LogP contribution is 2.30. The topological polar surface area (TPSA) is 35.2 Å². The van der Waals surface area contributed by atoms with E-state index in [4.69, 9.17) is 10.5 Å². The summed E-state index contributed by atoms with van der Waals surface area (Å²) in [5.41, 5.74) is 8.88. The second-order valence-corrected chi connectivity index (χ2v) is 4.59. The molecule has 82 valence electrons. The van der Waals surface area contributed by atoms with Gasteiger partial charge in [0.2, 0.25) is 0 Å². The molecule has 0 spiro atoms. The molecule has 0 unspecified atom stereocenters. The maximum atomic E-state index is 5.87. The monoisotopic (exact) mass is 205 g/mol. The summed E-state index contributed by atoms with van der Waals surface area (Å²) in [5, 5.41) is 0. The van der Waals surface area contributed by atoms with Crippen LogP contribution < -0.4 is 10.5 Å². The van der Waals surface area contributed by atoms with Gasteiger partial charge in [-0.25, -0.2) is 0 Å². The van der Waals surface area contributed by atoms with E-state index in [-0.39, 0.29) is 0 Å². The molecule has 1 aromatic carbocycles. The zero-order valence-corrected chi connectivity index (χ0v) is 9.55. The third-order valence-corrected chi connectivity index (χ3v) is 3.17. The summed E-state index contributed by atoms with van der Waals surface area (Å²) < 4.78 is 5.87. The highest BCUT2D eigenvalue weighted by Gasteiger charge is 2.18. The van der Waals surface area contributed by atoms with E-state index in [1.807, 2.05) is 12.1 Å². The van der Waals surface area contributed by atoms with Gasteiger partial charge in [-0.05, 0) is 55.9 Å². The molecule has 1 aromatic rings. The van der Waals surface area contributed by atoms with Gasteiger partial charge in [0.25, 0.3) is 0 Å². The fraction of sp³-hybridized carbons (Fsp3) is 0.538. The van der Waals surface area contributed by atoms with Gasteiger partial charge in [-0.15, -0.1) is 0 Å². The molecule has 1 aliphatic carbocycles. The van der Waals surface area contributed by atoms with Gasteiger partial charge in [0, 0.05) is 5.69 Å². The number of nitrogens with two attached hydrogens (primary N) is 1. The van der Waals surface area contributed by atoms with Crippen LogP contribution in [0.25, 0.3) is 0 Å². The maximum Gasteiger partial charge on any atom is 0.125 e. The molecule has 15 heavy (non-hydrogen) atoms. The first-order chi connectivity index (χ1) is 7.16. The lowest BCUT2D eigenvalue weighted by Gasteiger charge is -2.26. The van der Waals surface area contributed by atoms with Crippen molar-refractivity contribution in [1.82, 2.24) is 0 Å². The first-order valence-electron chi connectivity index (χ1n) is 5.66. The van der Waals surface area contributed by atoms with Crippen LogP contribution in [-0.2, 0) is 0 Å². The van der Waals surface area contributed by atoms with Gasteiger partial charge in [0.1, 0.15) is 5.75 Å². The third kappa shape index (κ3) is 2.25. The summed E-state index contributed by atoms with van der Waals surface area (Å²) in [6.07, 6.45) is 4.02. The van der Waals surface area contributed by atoms with Gasteiger partial charge in [-0.2, -0.15) is 0 Å². The van der Waals surface area contributed by atoms with Crippen molar-refractivity contribution in [3.8, 4) is 5.75 Å². The van der Waals surface area contributed by atoms with Crippen molar-refractivity contribution < 1.29 is 4.74 Å². The molecule has 0 amide bonds. The highest BCUT2D eigenvalue weighted by atomic mass is 16.5. The summed E-state index contributed by atoms with van der Waals surface area (Å²) >= 11 is 0. The molecule has 2 N–H and O–H groups in total. The second kappa shape index (κ2) is 4.13. The Kier molecular flexibility index (Phi) is 2.85. The molecule has 0 heterocycles. The Labute approximate surface area is 91.4 Å². The van der Waals surface area contributed by atoms with Gasteiger partial charge in [-0.3, -0.25) is 0 Å². The lowest BCUT2D eigenvalue weighted by atomic mass is 9.86. The average Bonchev–Trinajstić information content (AvgIpc) is 2.06. The minimum atomic E-state index is 0.779. The molecule has 2 heteroatoms. The fourth-order valence-corrected chi connectivity index (χ4v) is 2.07. The van der Waals surface area contributed by atoms with Crippen LogP contribution in [-0.4, -0.2) is 6.61 Å². The zero-order chi connectivity index (χ0) is 10.8. The highest BCUT2D eigenvalue weighted by molar-refractivity contribution is 5.52. The Morgan fingerprint density at radius 3 is 2.33 bits per heavy atom. The van der Waals surface area contributed by atoms with Crippen molar-refractivity contribution in [3.63, 3.8) is 0 Å². The number of rotatable bonds is 3. The molecule has 2 rings (SSSR count). The predicted octanol–water partition coefficient (Wildman–Crippen LogP) is 3.06. The van der Waals surface area contributed by atoms with Crippen LogP contribution in [0, 0.1) is 19.8 Å². The molecule has 0 bridgehead atoms. The summed E-state index contributed by atoms with van der Waals surface area (Å²) in [6, 6.07) is 3.95. The van der Waals surface area contributed by atoms with Gasteiger partial charge in [0.05, 0.1) is 6.61 Å². The van der Waals surface area contributed by atoms with Crippen molar-refractivity contribution in [1.29, 1.82) is 0 Å². The summed E-state index contributed by atoms with van der Waals surface area (Å²) in [6.45, 7) is 4.98. The first kappa shape index (κ1) is 10.3. The van der Waals surface area contributed by atoms with E-state index < -0.39 is 0 Å². The fourth-order valence-electron chi connectivity index (χ4n) is 2.07. The van der Waals surface area contributed by atoms with Gasteiger partial charge >= 0.3 is 0 Å². The van der Waals surface area contributed by atoms with Crippen LogP contribution in [0.2, 0.25) is 0 Å². The normalized spacial score (nSPS) is 16.1. The molecule has 0 aromatic heterocycles. The van der Waals surface area contributed by atoms with E-state index in [0.29, 0.717) is 0 Å². The molecular formula is C13H19NO. The minimum Gasteiger partial charge on any atom is -0.493 e. The molecule has 0 radical (unpaired) electrons. The smallest absolute Gasteiger partial charge is 0.125 e. The lowest BCUT2D eigenvalue weighted by molar-refractivity contribution is 0.179. The standard InChI is InChI=1S/C13H19NO/c1-9-6-12(14)7-10(2)13(9)15-8-11-4-3-5-11/h6-7,11H,3-5,8,14H2,1-2H3. The van der Waals surface area contributed by atoms with E-state index in [9.17, 15) is 0 Å². The first-order valence-corrected chi connectivity index (χ1v) is 5.66. The second-order valence-electron chi connectivity index (χ2n) is 4.59. The van der Waals surface area contributed by atoms with Gasteiger partial charge in [-0.1, -0.05) is 6.42 Å². The minimum absolute atomic E-state index is 0.779. The zero-order valence-electron chi connectivity index (χ0n) is 9.55. The van der Waals surface area contributed by atoms with E-state index in [1.54, 1.807) is 0 Å². The van der Waals surface area contributed by atoms with Crippen molar-refractivity contribution in [2.45, 2.75) is 33.1 Å². The lowest BCUT2D eigenvalue weighted by Crippen LogP contribution is -2.19. The van der Waals surface area contributed by atoms with Crippen molar-refractivity contribution in [2.24, 2.45) is 5.92 Å². The molecular weight excluding hydrogens is 186 g/mol. The van der Waals surface area contributed by atoms with Crippen molar-refractivity contribution >= 4 is 5.69 Å². The Morgan fingerprint density at radius 1 is 1.27 bits per heavy atom. The Balaban J connectivity index is 2.05. The van der Waals surface area contributed by atoms with Crippen molar-refractivity contribution in [2.75, 3.05) is 12.3 Å². The molecule has 1 fully saturated rings. The quantitative estimate of drug-likeness (QED) is 0.770. The largest absolute Gasteiger partial charge is 0.493 e. The molecule has 1 saturated carbocycles. The third-order valence-electron chi connectivity index (χ3n) is 3.17. The number of aryl methyl sites for hydroxylation is 2. The van der Waals surface area contributed by atoms with E-state index >= 15 is 0 Å². The Bertz CT molecular complexity index is 333. The van der Waals surface area contributed by atoms with Crippen LogP contribution in [0.5, 0.6) is 5.75 Å². The van der Waals surface area contributed by atoms with Crippen molar-refractivity contribution in [3.05, 3.63) is 23.3 Å². The molecule has 1 aliphatic rings. The van der Waals surface area contributed by atoms with Crippen LogP contribution in [0.15, 0.2) is 12.1 Å². The van der Waals surface area contributed by atoms with E-state index in [1.165, 1.54) is 19.3 Å². The summed E-state index contributed by atoms with van der Waals surface area (Å²) in [5.74, 6) is 1.80. The summed E-state index contributed by atoms with van der Waals surface area (Å²) in [4.78, 5) is 0. The average molecular weight is 205 g/mol. The van der Waals surface area contributed by atoms with Crippen LogP contribution in [0.1, 0.15) is 30.4 Å². The van der Waals surface area contributed by atoms with Crippen LogP contribution in [0.4, 0.5) is 5.69 Å². The maximum absolute atomic E-state index is 5.87. The molecule has 0 saturated heterocycles. The SMILES string of the molecule is Cc1cc(N)cc(C)c1OCC1CCC1. The number of hydrogen-bond acceptors (Lipinski definition) is 2. The Morgan fingerprint density at radius 2 is 1.87 bits per heavy atom. The molecule has 0 atom stereocenters. The number of ether oxygens (including phenoxy) is 1. The number of anilines is 1. The number of benzene rings is 1. The molecule has 2 nitrogen and oxygen atoms in total. The predicted molar refractivity (Wildman–Crippen MR) is 63.2 cm³/mol. The van der Waals surface area contributed by atoms with E-state index in [0.717, 1.165) is 35.1 Å². The van der Waals surface area contributed by atoms with Gasteiger partial charge < -0.3 is 10.5 Å². The Hall–Kier alpha value is -1.18. The van der Waals surface area contributed by atoms with E-state index in [2.05, 4.69) is 13.8 Å². The molecule has 0 aliphatic heterocycles.